The third kappa shape index (κ3) is 30.4. The second kappa shape index (κ2) is 37.1. The summed E-state index contributed by atoms with van der Waals surface area (Å²) in [7, 11) is -5.06. The summed E-state index contributed by atoms with van der Waals surface area (Å²) in [5.74, 6) is -0.407. The molecule has 0 bridgehead atoms. The fraction of sp³-hybridized carbons (Fsp3) is 0.844. The van der Waals surface area contributed by atoms with Crippen molar-refractivity contribution in [1.29, 1.82) is 0 Å². The third-order valence-corrected chi connectivity index (χ3v) is 10.7. The van der Waals surface area contributed by atoms with Crippen LogP contribution >= 0.6 is 0 Å². The average molecular weight is 847 g/mol. The summed E-state index contributed by atoms with van der Waals surface area (Å²) in [6.07, 6.45) is 33.4. The topological polar surface area (TPSA) is 178 Å². The Hall–Kier alpha value is -1.68. The molecule has 0 radical (unpaired) electrons. The molecule has 0 amide bonds. The minimum absolute atomic E-state index is 0.0307. The molecule has 0 aliphatic carbocycles. The van der Waals surface area contributed by atoms with Gasteiger partial charge in [0.1, 0.15) is 30.5 Å². The number of aliphatic hydroxyl groups excluding tert-OH is 3. The zero-order valence-corrected chi connectivity index (χ0v) is 36.9. The third-order valence-electron chi connectivity index (χ3n) is 10.3. The highest BCUT2D eigenvalue weighted by Gasteiger charge is 2.48. The van der Waals surface area contributed by atoms with Crippen molar-refractivity contribution in [2.45, 2.75) is 218 Å². The van der Waals surface area contributed by atoms with Crippen molar-refractivity contribution >= 4 is 16.4 Å². The van der Waals surface area contributed by atoms with Gasteiger partial charge in [0, 0.05) is 13.0 Å². The lowest BCUT2D eigenvalue weighted by Crippen LogP contribution is -2.60. The van der Waals surface area contributed by atoms with Crippen molar-refractivity contribution in [3.63, 3.8) is 0 Å². The summed E-state index contributed by atoms with van der Waals surface area (Å²) >= 11 is 0. The van der Waals surface area contributed by atoms with E-state index in [0.29, 0.717) is 13.0 Å². The SMILES string of the molecule is CCCCCCC/C=C\C/C=C\C/C=C\CCCCCCCCCOCC(COC1OC(CO)C(O)C(OS(=O)(=O)O)C1O)OC(=O)CCCCCCCCCCC. The number of aliphatic hydroxyl groups is 3. The predicted octanol–water partition coefficient (Wildman–Crippen LogP) is 9.41. The molecule has 0 spiro atoms. The van der Waals surface area contributed by atoms with Gasteiger partial charge in [-0.2, -0.15) is 8.42 Å². The largest absolute Gasteiger partial charge is 0.457 e. The Balaban J connectivity index is 2.36. The van der Waals surface area contributed by atoms with Crippen LogP contribution in [-0.2, 0) is 38.3 Å². The number of hydrogen-bond acceptors (Lipinski definition) is 11. The Morgan fingerprint density at radius 3 is 1.66 bits per heavy atom. The second-order valence-corrected chi connectivity index (χ2v) is 16.7. The summed E-state index contributed by atoms with van der Waals surface area (Å²) < 4.78 is 58.9. The maximum absolute atomic E-state index is 12.8. The lowest BCUT2D eigenvalue weighted by Gasteiger charge is -2.41. The first-order valence-corrected chi connectivity index (χ1v) is 24.1. The van der Waals surface area contributed by atoms with E-state index < -0.39 is 59.8 Å². The molecule has 0 saturated carbocycles. The molecule has 6 atom stereocenters. The first-order valence-electron chi connectivity index (χ1n) is 22.7. The molecule has 0 aromatic rings. The van der Waals surface area contributed by atoms with E-state index in [-0.39, 0.29) is 19.6 Å². The zero-order valence-electron chi connectivity index (χ0n) is 36.1. The number of rotatable bonds is 39. The first-order chi connectivity index (χ1) is 28.1. The molecule has 13 heteroatoms. The molecule has 12 nitrogen and oxygen atoms in total. The number of carbonyl (C=O) groups excluding carboxylic acids is 1. The molecule has 0 aromatic carbocycles. The zero-order chi connectivity index (χ0) is 42.5. The molecule has 58 heavy (non-hydrogen) atoms. The molecule has 1 rings (SSSR count). The van der Waals surface area contributed by atoms with Crippen LogP contribution in [0.4, 0.5) is 0 Å². The molecule has 1 saturated heterocycles. The molecular formula is C45H82O12S. The highest BCUT2D eigenvalue weighted by Crippen LogP contribution is 2.26. The molecule has 1 fully saturated rings. The Bertz CT molecular complexity index is 1160. The Morgan fingerprint density at radius 1 is 0.655 bits per heavy atom. The highest BCUT2D eigenvalue weighted by atomic mass is 32.3. The van der Waals surface area contributed by atoms with E-state index >= 15 is 0 Å². The normalized spacial score (nSPS) is 20.8. The van der Waals surface area contributed by atoms with Crippen molar-refractivity contribution in [2.75, 3.05) is 26.4 Å². The summed E-state index contributed by atoms with van der Waals surface area (Å²) in [4.78, 5) is 12.8. The van der Waals surface area contributed by atoms with Crippen molar-refractivity contribution in [3.8, 4) is 0 Å². The van der Waals surface area contributed by atoms with Gasteiger partial charge in [-0.25, -0.2) is 4.18 Å². The summed E-state index contributed by atoms with van der Waals surface area (Å²) in [6.45, 7) is 3.93. The highest BCUT2D eigenvalue weighted by molar-refractivity contribution is 7.80. The van der Waals surface area contributed by atoms with Crippen LogP contribution in [0, 0.1) is 0 Å². The van der Waals surface area contributed by atoms with E-state index in [1.54, 1.807) is 0 Å². The van der Waals surface area contributed by atoms with Gasteiger partial charge in [0.05, 0.1) is 19.8 Å². The molecule has 0 aromatic heterocycles. The number of unbranched alkanes of at least 4 members (excludes halogenated alkanes) is 20. The van der Waals surface area contributed by atoms with E-state index in [0.717, 1.165) is 57.8 Å². The van der Waals surface area contributed by atoms with E-state index in [1.165, 1.54) is 96.3 Å². The van der Waals surface area contributed by atoms with Crippen LogP contribution in [0.2, 0.25) is 0 Å². The van der Waals surface area contributed by atoms with Crippen LogP contribution < -0.4 is 0 Å². The summed E-state index contributed by atoms with van der Waals surface area (Å²) in [5.41, 5.74) is 0. The molecule has 6 unspecified atom stereocenters. The van der Waals surface area contributed by atoms with Gasteiger partial charge in [0.15, 0.2) is 6.29 Å². The van der Waals surface area contributed by atoms with Gasteiger partial charge in [-0.3, -0.25) is 9.35 Å². The van der Waals surface area contributed by atoms with Crippen LogP contribution in [-0.4, -0.2) is 97.5 Å². The van der Waals surface area contributed by atoms with Crippen molar-refractivity contribution < 1.29 is 56.2 Å². The molecule has 1 aliphatic heterocycles. The smallest absolute Gasteiger partial charge is 0.397 e. The van der Waals surface area contributed by atoms with Crippen LogP contribution in [0.5, 0.6) is 0 Å². The monoisotopic (exact) mass is 847 g/mol. The number of allylic oxidation sites excluding steroid dienone is 6. The van der Waals surface area contributed by atoms with Crippen molar-refractivity contribution in [1.82, 2.24) is 0 Å². The molecule has 1 heterocycles. The number of ether oxygens (including phenoxy) is 4. The van der Waals surface area contributed by atoms with Crippen molar-refractivity contribution in [3.05, 3.63) is 36.5 Å². The summed E-state index contributed by atoms with van der Waals surface area (Å²) in [6, 6.07) is 0. The maximum atomic E-state index is 12.8. The van der Waals surface area contributed by atoms with Crippen LogP contribution in [0.3, 0.4) is 0 Å². The van der Waals surface area contributed by atoms with Crippen molar-refractivity contribution in [2.24, 2.45) is 0 Å². The van der Waals surface area contributed by atoms with Gasteiger partial charge in [-0.15, -0.1) is 0 Å². The fourth-order valence-corrected chi connectivity index (χ4v) is 7.30. The number of carbonyl (C=O) groups is 1. The summed E-state index contributed by atoms with van der Waals surface area (Å²) in [5, 5.41) is 30.6. The second-order valence-electron chi connectivity index (χ2n) is 15.6. The molecule has 1 aliphatic rings. The lowest BCUT2D eigenvalue weighted by atomic mass is 9.99. The first kappa shape index (κ1) is 54.3. The average Bonchev–Trinajstić information content (AvgIpc) is 3.19. The minimum atomic E-state index is -5.06. The van der Waals surface area contributed by atoms with E-state index in [9.17, 15) is 28.5 Å². The predicted molar refractivity (Wildman–Crippen MR) is 230 cm³/mol. The molecule has 340 valence electrons. The molecular weight excluding hydrogens is 765 g/mol. The number of hydrogen-bond donors (Lipinski definition) is 4. The van der Waals surface area contributed by atoms with Gasteiger partial charge in [-0.05, 0) is 51.4 Å². The van der Waals surface area contributed by atoms with E-state index in [4.69, 9.17) is 23.5 Å². The van der Waals surface area contributed by atoms with Crippen LogP contribution in [0.15, 0.2) is 36.5 Å². The minimum Gasteiger partial charge on any atom is -0.457 e. The Labute approximate surface area is 352 Å². The Kier molecular flexibility index (Phi) is 34.8. The van der Waals surface area contributed by atoms with Gasteiger partial charge in [0.2, 0.25) is 0 Å². The lowest BCUT2D eigenvalue weighted by molar-refractivity contribution is -0.301. The fourth-order valence-electron chi connectivity index (χ4n) is 6.80. The van der Waals surface area contributed by atoms with Gasteiger partial charge in [0.25, 0.3) is 0 Å². The standard InChI is InChI=1S/C45H82O12S/c1-3-5-7-9-11-13-14-15-16-17-18-19-20-21-22-23-24-25-27-29-31-33-35-53-37-39(55-41(47)34-32-30-28-26-12-10-8-6-4-2)38-54-45-43(49)44(57-58(50,51)52)42(48)40(36-46)56-45/h14-15,17-18,20-21,39-40,42-46,48-49H,3-13,16,19,22-38H2,1-2H3,(H,50,51,52)/b15-14-,18-17-,21-20-. The van der Waals surface area contributed by atoms with E-state index in [2.05, 4.69) is 54.5 Å². The quantitative estimate of drug-likeness (QED) is 0.0200. The Morgan fingerprint density at radius 2 is 1.14 bits per heavy atom. The molecule has 4 N–H and O–H groups in total. The van der Waals surface area contributed by atoms with Crippen LogP contribution in [0.25, 0.3) is 0 Å². The van der Waals surface area contributed by atoms with Crippen LogP contribution in [0.1, 0.15) is 181 Å². The number of esters is 1. The van der Waals surface area contributed by atoms with Gasteiger partial charge >= 0.3 is 16.4 Å². The maximum Gasteiger partial charge on any atom is 0.397 e. The van der Waals surface area contributed by atoms with E-state index in [1.807, 2.05) is 0 Å². The van der Waals surface area contributed by atoms with Gasteiger partial charge < -0.3 is 34.3 Å². The van der Waals surface area contributed by atoms with Gasteiger partial charge in [-0.1, -0.05) is 159 Å².